The maximum absolute atomic E-state index is 12.7. The Bertz CT molecular complexity index is 1380. The summed E-state index contributed by atoms with van der Waals surface area (Å²) in [5.41, 5.74) is 4.88. The van der Waals surface area contributed by atoms with Crippen molar-refractivity contribution >= 4 is 0 Å². The van der Waals surface area contributed by atoms with E-state index in [4.69, 9.17) is 0 Å². The maximum atomic E-state index is 12.7. The first-order valence-electron chi connectivity index (χ1n) is 10.3. The molecule has 6 nitrogen and oxygen atoms in total. The van der Waals surface area contributed by atoms with Crippen molar-refractivity contribution in [3.8, 4) is 29.0 Å². The van der Waals surface area contributed by atoms with E-state index in [1.54, 1.807) is 23.3 Å². The first-order valence-corrected chi connectivity index (χ1v) is 10.3. The molecule has 1 aliphatic carbocycles. The molecule has 4 aromatic rings. The Labute approximate surface area is 182 Å². The molecule has 1 fully saturated rings. The van der Waals surface area contributed by atoms with Gasteiger partial charge >= 0.3 is 6.61 Å². The zero-order chi connectivity index (χ0) is 21.7. The number of alkyl halides is 2. The minimum absolute atomic E-state index is 0.0577. The maximum Gasteiger partial charge on any atom is 0.387 e. The Hall–Kier alpha value is -3.99. The van der Waals surface area contributed by atoms with Crippen molar-refractivity contribution in [1.82, 2.24) is 24.5 Å². The highest BCUT2D eigenvalue weighted by atomic mass is 19.3. The topological polar surface area (TPSA) is 57.8 Å². The van der Waals surface area contributed by atoms with E-state index < -0.39 is 6.61 Å². The second-order valence-electron chi connectivity index (χ2n) is 7.95. The molecule has 0 atom stereocenters. The summed E-state index contributed by atoms with van der Waals surface area (Å²) >= 11 is 0. The van der Waals surface area contributed by atoms with Crippen LogP contribution >= 0.6 is 0 Å². The predicted octanol–water partition coefficient (Wildman–Crippen LogP) is 4.04. The monoisotopic (exact) mass is 429 g/mol. The van der Waals surface area contributed by atoms with Crippen molar-refractivity contribution in [1.29, 1.82) is 0 Å². The van der Waals surface area contributed by atoms with Crippen LogP contribution in [0.1, 0.15) is 35.5 Å². The van der Waals surface area contributed by atoms with E-state index in [-0.39, 0.29) is 11.2 Å². The van der Waals surface area contributed by atoms with E-state index in [9.17, 15) is 8.78 Å². The lowest BCUT2D eigenvalue weighted by Crippen LogP contribution is -2.06. The Morgan fingerprint density at radius 3 is 2.69 bits per heavy atom. The van der Waals surface area contributed by atoms with Gasteiger partial charge in [0.05, 0.1) is 34.4 Å². The predicted molar refractivity (Wildman–Crippen MR) is 112 cm³/mol. The van der Waals surface area contributed by atoms with Gasteiger partial charge in [-0.3, -0.25) is 4.57 Å². The molecule has 0 amide bonds. The molecular weight excluding hydrogens is 412 g/mol. The van der Waals surface area contributed by atoms with Crippen LogP contribution in [0.15, 0.2) is 61.1 Å². The Morgan fingerprint density at radius 2 is 1.91 bits per heavy atom. The van der Waals surface area contributed by atoms with Crippen LogP contribution in [0, 0.1) is 11.8 Å². The fraction of sp³-hybridized carbons (Fsp3) is 0.208. The van der Waals surface area contributed by atoms with Gasteiger partial charge in [0.2, 0.25) is 0 Å². The van der Waals surface area contributed by atoms with Gasteiger partial charge in [-0.15, -0.1) is 5.10 Å². The van der Waals surface area contributed by atoms with Gasteiger partial charge in [0.1, 0.15) is 17.8 Å². The highest BCUT2D eigenvalue weighted by Crippen LogP contribution is 2.47. The molecule has 158 valence electrons. The number of ether oxygens (including phenoxy) is 1. The van der Waals surface area contributed by atoms with E-state index in [0.29, 0.717) is 17.8 Å². The molecule has 0 radical (unpaired) electrons. The zero-order valence-corrected chi connectivity index (χ0v) is 16.9. The van der Waals surface area contributed by atoms with Crippen LogP contribution in [0.25, 0.3) is 11.4 Å². The summed E-state index contributed by atoms with van der Waals surface area (Å²) in [4.78, 5) is 4.58. The molecule has 2 aromatic carbocycles. The molecule has 8 heteroatoms. The summed E-state index contributed by atoms with van der Waals surface area (Å²) in [6.45, 7) is -2.90. The standard InChI is InChI=1S/C24H17F2N5O/c25-23(26)32-18-6-7-20-22(13-18)31-17(14-28-29-31)12-21-19(27-15-30(20)21)8-9-24(10-11-24)16-4-2-1-3-5-16/h1-7,13-15,23H,10-12H2. The van der Waals surface area contributed by atoms with E-state index in [0.717, 1.165) is 29.9 Å². The van der Waals surface area contributed by atoms with Gasteiger partial charge in [0.25, 0.3) is 0 Å². The summed E-state index contributed by atoms with van der Waals surface area (Å²) in [6.07, 6.45) is 5.96. The molecule has 6 rings (SSSR count). The molecule has 1 aliphatic heterocycles. The average Bonchev–Trinajstić information content (AvgIpc) is 3.32. The van der Waals surface area contributed by atoms with Gasteiger partial charge in [-0.1, -0.05) is 41.5 Å². The van der Waals surface area contributed by atoms with Crippen molar-refractivity contribution in [2.24, 2.45) is 0 Å². The number of rotatable bonds is 3. The first kappa shape index (κ1) is 18.8. The molecule has 0 N–H and O–H groups in total. The van der Waals surface area contributed by atoms with Crippen molar-refractivity contribution < 1.29 is 13.5 Å². The SMILES string of the molecule is FC(F)Oc1ccc2c(c1)-n1nncc1Cc1c(C#CC3(c4ccccc4)CC3)ncn1-2. The fourth-order valence-corrected chi connectivity index (χ4v) is 4.21. The lowest BCUT2D eigenvalue weighted by Gasteiger charge is -2.12. The Balaban J connectivity index is 1.44. The van der Waals surface area contributed by atoms with Crippen molar-refractivity contribution in [2.75, 3.05) is 0 Å². The summed E-state index contributed by atoms with van der Waals surface area (Å²) in [6, 6.07) is 15.1. The summed E-state index contributed by atoms with van der Waals surface area (Å²) in [5.74, 6) is 6.84. The molecule has 2 aliphatic rings. The number of fused-ring (bicyclic) bond motifs is 5. The number of hydrogen-bond acceptors (Lipinski definition) is 4. The zero-order valence-electron chi connectivity index (χ0n) is 16.9. The van der Waals surface area contributed by atoms with Gasteiger partial charge in [-0.25, -0.2) is 9.67 Å². The minimum Gasteiger partial charge on any atom is -0.435 e. The van der Waals surface area contributed by atoms with E-state index >= 15 is 0 Å². The van der Waals surface area contributed by atoms with E-state index in [1.807, 2.05) is 22.8 Å². The Kier molecular flexibility index (Phi) is 4.12. The van der Waals surface area contributed by atoms with Crippen LogP contribution in [0.4, 0.5) is 8.78 Å². The summed E-state index contributed by atoms with van der Waals surface area (Å²) in [5, 5.41) is 8.17. The highest BCUT2D eigenvalue weighted by molar-refractivity contribution is 5.59. The van der Waals surface area contributed by atoms with Crippen LogP contribution in [0.5, 0.6) is 5.75 Å². The average molecular weight is 429 g/mol. The van der Waals surface area contributed by atoms with Crippen LogP contribution in [-0.4, -0.2) is 31.2 Å². The molecule has 1 saturated carbocycles. The third-order valence-electron chi connectivity index (χ3n) is 5.99. The number of benzene rings is 2. The molecule has 3 heterocycles. The number of nitrogens with zero attached hydrogens (tertiary/aromatic N) is 5. The fourth-order valence-electron chi connectivity index (χ4n) is 4.21. The molecular formula is C24H17F2N5O. The highest BCUT2D eigenvalue weighted by Gasteiger charge is 2.42. The van der Waals surface area contributed by atoms with Crippen molar-refractivity contribution in [3.05, 3.63) is 83.7 Å². The largest absolute Gasteiger partial charge is 0.435 e. The van der Waals surface area contributed by atoms with Crippen molar-refractivity contribution in [2.45, 2.75) is 31.3 Å². The molecule has 32 heavy (non-hydrogen) atoms. The van der Waals surface area contributed by atoms with Gasteiger partial charge in [-0.05, 0) is 36.5 Å². The van der Waals surface area contributed by atoms with Crippen molar-refractivity contribution in [3.63, 3.8) is 0 Å². The van der Waals surface area contributed by atoms with Gasteiger partial charge in [-0.2, -0.15) is 8.78 Å². The number of hydrogen-bond donors (Lipinski definition) is 0. The van der Waals surface area contributed by atoms with E-state index in [1.165, 1.54) is 17.7 Å². The quantitative estimate of drug-likeness (QED) is 0.406. The molecule has 0 spiro atoms. The van der Waals surface area contributed by atoms with Crippen LogP contribution in [0.2, 0.25) is 0 Å². The van der Waals surface area contributed by atoms with Crippen LogP contribution in [-0.2, 0) is 11.8 Å². The normalized spacial score (nSPS) is 15.1. The lowest BCUT2D eigenvalue weighted by atomic mass is 9.96. The Morgan fingerprint density at radius 1 is 1.06 bits per heavy atom. The number of halogens is 2. The van der Waals surface area contributed by atoms with Gasteiger partial charge < -0.3 is 4.74 Å². The number of aromatic nitrogens is 5. The molecule has 0 bridgehead atoms. The smallest absolute Gasteiger partial charge is 0.387 e. The van der Waals surface area contributed by atoms with Crippen LogP contribution < -0.4 is 4.74 Å². The van der Waals surface area contributed by atoms with Gasteiger partial charge in [0.15, 0.2) is 0 Å². The van der Waals surface area contributed by atoms with Gasteiger partial charge in [0, 0.05) is 12.5 Å². The lowest BCUT2D eigenvalue weighted by molar-refractivity contribution is -0.0498. The third-order valence-corrected chi connectivity index (χ3v) is 5.99. The molecule has 0 unspecified atom stereocenters. The third kappa shape index (κ3) is 3.05. The second-order valence-corrected chi connectivity index (χ2v) is 7.95. The second kappa shape index (κ2) is 7.02. The van der Waals surface area contributed by atoms with Crippen LogP contribution in [0.3, 0.4) is 0 Å². The van der Waals surface area contributed by atoms with E-state index in [2.05, 4.69) is 44.0 Å². The first-order chi connectivity index (χ1) is 15.6. The summed E-state index contributed by atoms with van der Waals surface area (Å²) < 4.78 is 33.6. The molecule has 0 saturated heterocycles. The molecule has 2 aromatic heterocycles. The minimum atomic E-state index is -2.90. The summed E-state index contributed by atoms with van der Waals surface area (Å²) in [7, 11) is 0. The number of imidazole rings is 1.